The predicted molar refractivity (Wildman–Crippen MR) is 200 cm³/mol. The van der Waals surface area contributed by atoms with Gasteiger partial charge in [-0.2, -0.15) is 26.3 Å². The maximum absolute atomic E-state index is 13.3. The topological polar surface area (TPSA) is 244 Å². The number of nitrogens with zero attached hydrogens (tertiary/aromatic N) is 6. The average Bonchev–Trinajstić information content (AvgIpc) is 3.98. The molecule has 17 nitrogen and oxygen atoms in total. The van der Waals surface area contributed by atoms with E-state index in [0.29, 0.717) is 0 Å². The van der Waals surface area contributed by atoms with Crippen LogP contribution in [0.4, 0.5) is 38.2 Å². The number of nitrogens with two attached hydrogens (primary N) is 2. The molecule has 25 heteroatoms. The number of primary amides is 2. The number of thiazole rings is 2. The molecule has 0 aliphatic rings. The molecule has 6 rings (SSSR count). The first-order valence-corrected chi connectivity index (χ1v) is 18.3. The van der Waals surface area contributed by atoms with Gasteiger partial charge in [-0.15, -0.1) is 22.7 Å². The van der Waals surface area contributed by atoms with Crippen LogP contribution in [0, 0.1) is 0 Å². The van der Waals surface area contributed by atoms with Crippen molar-refractivity contribution < 1.29 is 60.1 Å². The van der Waals surface area contributed by atoms with Gasteiger partial charge >= 0.3 is 12.4 Å². The fraction of sp³-hybridized carbons (Fsp3) is 0.235. The van der Waals surface area contributed by atoms with E-state index >= 15 is 0 Å². The summed E-state index contributed by atoms with van der Waals surface area (Å²) in [6.07, 6.45) is -4.81. The van der Waals surface area contributed by atoms with Crippen LogP contribution in [0.3, 0.4) is 0 Å². The lowest BCUT2D eigenvalue weighted by atomic mass is 10.1. The molecule has 4 aromatic heterocycles. The monoisotopic (exact) mass is 866 g/mol. The van der Waals surface area contributed by atoms with Crippen molar-refractivity contribution in [2.24, 2.45) is 11.5 Å². The Balaban J connectivity index is 1.39. The lowest BCUT2D eigenvalue weighted by molar-refractivity contribution is -0.138. The van der Waals surface area contributed by atoms with Crippen LogP contribution < -0.4 is 31.6 Å². The van der Waals surface area contributed by atoms with E-state index in [1.165, 1.54) is 40.5 Å². The van der Waals surface area contributed by atoms with E-state index in [0.717, 1.165) is 12.4 Å². The van der Waals surface area contributed by atoms with Crippen LogP contribution >= 0.6 is 22.7 Å². The van der Waals surface area contributed by atoms with Crippen molar-refractivity contribution in [1.82, 2.24) is 29.1 Å². The van der Waals surface area contributed by atoms with Gasteiger partial charge < -0.3 is 35.2 Å². The minimum absolute atomic E-state index is 0.00396. The van der Waals surface area contributed by atoms with Crippen molar-refractivity contribution in [3.8, 4) is 11.5 Å². The zero-order valence-electron chi connectivity index (χ0n) is 30.0. The van der Waals surface area contributed by atoms with Crippen molar-refractivity contribution in [3.63, 3.8) is 0 Å². The summed E-state index contributed by atoms with van der Waals surface area (Å²) in [4.78, 5) is 65.2. The molecule has 59 heavy (non-hydrogen) atoms. The molecule has 2 aromatic carbocycles. The quantitative estimate of drug-likeness (QED) is 0.0519. The zero-order valence-corrected chi connectivity index (χ0v) is 31.6. The lowest BCUT2D eigenvalue weighted by Crippen LogP contribution is -2.15. The van der Waals surface area contributed by atoms with Gasteiger partial charge in [0.25, 0.3) is 11.8 Å². The summed E-state index contributed by atoms with van der Waals surface area (Å²) in [6, 6.07) is 5.26. The van der Waals surface area contributed by atoms with Crippen LogP contribution in [0.5, 0.6) is 11.5 Å². The van der Waals surface area contributed by atoms with Crippen LogP contribution in [0.15, 0.2) is 48.8 Å². The molecule has 7 N–H and O–H groups in total. The average molecular weight is 867 g/mol. The van der Waals surface area contributed by atoms with Crippen molar-refractivity contribution in [1.29, 1.82) is 0 Å². The molecule has 4 heterocycles. The molecular weight excluding hydrogens is 839 g/mol. The number of ether oxygens (including phenoxy) is 2. The van der Waals surface area contributed by atoms with Gasteiger partial charge in [-0.3, -0.25) is 29.8 Å². The number of carbonyl (C=O) groups excluding carboxylic acids is 4. The number of aliphatic hydroxyl groups is 1. The summed E-state index contributed by atoms with van der Waals surface area (Å²) in [5, 5.41) is 11.8. The second-order valence-electron chi connectivity index (χ2n) is 12.1. The minimum Gasteiger partial charge on any atom is -0.494 e. The van der Waals surface area contributed by atoms with E-state index in [4.69, 9.17) is 20.9 Å². The normalized spacial score (nSPS) is 12.1. The summed E-state index contributed by atoms with van der Waals surface area (Å²) in [7, 11) is 1.29. The maximum Gasteiger partial charge on any atom is 0.443 e. The number of rotatable bonds is 15. The SMILES string of the molecule is COc1cc(C(N)=O)cc2nc(NC(=O)c3cnc(C(F)(F)F)s3)n(CC=CCn3c(NC(=O)c4cnc(C(F)(F)F)s4)nc4cc(C(N)=O)cc(OCCCO)c43)c12. The number of hydrogen-bond donors (Lipinski definition) is 5. The highest BCUT2D eigenvalue weighted by molar-refractivity contribution is 7.14. The lowest BCUT2D eigenvalue weighted by Gasteiger charge is -2.13. The molecule has 0 saturated heterocycles. The standard InChI is InChI=1S/C34H28F6N10O7S2/c1-56-19-11-15(25(41)52)9-17-23(19)49(31(45-17)47-27(54)21-13-43-29(58-21)33(35,36)37)5-2-3-6-50-24-18(10-16(26(42)53)12-20(24)57-8-4-7-51)46-32(50)48-28(55)22-14-44-30(59-22)34(38,39)40/h2-3,9-14,51H,4-8H2,1H3,(H2,41,52)(H2,42,53)(H,45,47,54)(H,46,48,55). The van der Waals surface area contributed by atoms with E-state index < -0.39 is 50.9 Å². The number of nitrogens with one attached hydrogen (secondary N) is 2. The number of benzene rings is 2. The summed E-state index contributed by atoms with van der Waals surface area (Å²) in [6.45, 7) is -0.545. The van der Waals surface area contributed by atoms with Crippen LogP contribution in [-0.4, -0.2) is 78.1 Å². The number of imidazole rings is 2. The number of hydrogen-bond acceptors (Lipinski definition) is 13. The Morgan fingerprint density at radius 2 is 1.20 bits per heavy atom. The van der Waals surface area contributed by atoms with Crippen LogP contribution in [0.1, 0.15) is 56.5 Å². The number of alkyl halides is 6. The van der Waals surface area contributed by atoms with Crippen LogP contribution in [0.2, 0.25) is 0 Å². The Hall–Kier alpha value is -6.60. The largest absolute Gasteiger partial charge is 0.494 e. The first-order chi connectivity index (χ1) is 27.9. The first-order valence-electron chi connectivity index (χ1n) is 16.7. The Bertz CT molecular complexity index is 2630. The third kappa shape index (κ3) is 9.10. The van der Waals surface area contributed by atoms with E-state index in [9.17, 15) is 50.6 Å². The molecule has 0 saturated carbocycles. The number of halogens is 6. The minimum atomic E-state index is -4.80. The summed E-state index contributed by atoms with van der Waals surface area (Å²) in [5.74, 6) is -3.89. The highest BCUT2D eigenvalue weighted by Gasteiger charge is 2.36. The molecule has 0 aliphatic heterocycles. The Morgan fingerprint density at radius 1 is 0.763 bits per heavy atom. The number of allylic oxidation sites excluding steroid dienone is 2. The second-order valence-corrected chi connectivity index (χ2v) is 14.1. The molecule has 0 fully saturated rings. The van der Waals surface area contributed by atoms with Crippen LogP contribution in [-0.2, 0) is 25.4 Å². The van der Waals surface area contributed by atoms with Gasteiger partial charge in [0, 0.05) is 37.2 Å². The van der Waals surface area contributed by atoms with Crippen LogP contribution in [0.25, 0.3) is 22.1 Å². The van der Waals surface area contributed by atoms with E-state index in [-0.39, 0.29) is 117 Å². The van der Waals surface area contributed by atoms with Gasteiger partial charge in [0.1, 0.15) is 32.3 Å². The van der Waals surface area contributed by atoms with Gasteiger partial charge in [0.15, 0.2) is 10.0 Å². The Labute approximate surface area is 334 Å². The van der Waals surface area contributed by atoms with E-state index in [1.54, 1.807) is 12.2 Å². The molecule has 4 amide bonds. The highest BCUT2D eigenvalue weighted by atomic mass is 32.1. The number of methoxy groups -OCH3 is 1. The summed E-state index contributed by atoms with van der Waals surface area (Å²) < 4.78 is 93.6. The van der Waals surface area contributed by atoms with E-state index in [1.807, 2.05) is 0 Å². The van der Waals surface area contributed by atoms with Gasteiger partial charge in [-0.25, -0.2) is 19.9 Å². The predicted octanol–water partition coefficient (Wildman–Crippen LogP) is 5.07. The number of aliphatic hydroxyl groups excluding tert-OH is 1. The van der Waals surface area contributed by atoms with Crippen molar-refractivity contribution in [2.45, 2.75) is 31.9 Å². The first kappa shape index (κ1) is 42.0. The Morgan fingerprint density at radius 3 is 1.59 bits per heavy atom. The fourth-order valence-corrected chi connectivity index (χ4v) is 6.87. The van der Waals surface area contributed by atoms with Gasteiger partial charge in [0.2, 0.25) is 23.7 Å². The summed E-state index contributed by atoms with van der Waals surface area (Å²) >= 11 is 0.205. The molecule has 310 valence electrons. The number of amides is 4. The molecule has 0 spiro atoms. The molecule has 0 radical (unpaired) electrons. The molecule has 6 aromatic rings. The molecule has 0 aliphatic carbocycles. The second kappa shape index (κ2) is 16.7. The highest BCUT2D eigenvalue weighted by Crippen LogP contribution is 2.36. The fourth-order valence-electron chi connectivity index (χ4n) is 5.51. The van der Waals surface area contributed by atoms with Gasteiger partial charge in [0.05, 0.1) is 37.1 Å². The maximum atomic E-state index is 13.3. The van der Waals surface area contributed by atoms with E-state index in [2.05, 4.69) is 30.6 Å². The third-order valence-electron chi connectivity index (χ3n) is 8.10. The van der Waals surface area contributed by atoms with Crippen molar-refractivity contribution in [3.05, 3.63) is 79.7 Å². The Kier molecular flexibility index (Phi) is 11.9. The third-order valence-corrected chi connectivity index (χ3v) is 10.2. The molecule has 0 unspecified atom stereocenters. The molecular formula is C34H28F6N10O7S2. The molecule has 0 bridgehead atoms. The molecule has 0 atom stereocenters. The summed E-state index contributed by atoms with van der Waals surface area (Å²) in [5.41, 5.74) is 11.6. The van der Waals surface area contributed by atoms with Crippen molar-refractivity contribution >= 4 is 80.3 Å². The number of carbonyl (C=O) groups is 4. The van der Waals surface area contributed by atoms with Gasteiger partial charge in [-0.1, -0.05) is 12.2 Å². The smallest absolute Gasteiger partial charge is 0.443 e. The van der Waals surface area contributed by atoms with Gasteiger partial charge in [-0.05, 0) is 24.3 Å². The zero-order chi connectivity index (χ0) is 42.8. The number of fused-ring (bicyclic) bond motifs is 2. The number of anilines is 2. The van der Waals surface area contributed by atoms with Crippen molar-refractivity contribution in [2.75, 3.05) is 31.0 Å². The number of aromatic nitrogens is 6.